The number of carbonyl (C=O) groups is 1. The molecule has 6 nitrogen and oxygen atoms in total. The van der Waals surface area contributed by atoms with Crippen molar-refractivity contribution in [2.75, 3.05) is 6.79 Å². The Bertz CT molecular complexity index is 964. The molecule has 0 N–H and O–H groups in total. The molecular weight excluding hydrogens is 367 g/mol. The van der Waals surface area contributed by atoms with E-state index in [2.05, 4.69) is 9.73 Å². The Morgan fingerprint density at radius 1 is 1.04 bits per heavy atom. The molecule has 0 radical (unpaired) electrons. The third-order valence-corrected chi connectivity index (χ3v) is 3.66. The van der Waals surface area contributed by atoms with Crippen molar-refractivity contribution in [2.24, 2.45) is 4.99 Å². The van der Waals surface area contributed by atoms with Crippen molar-refractivity contribution in [3.63, 3.8) is 0 Å². The Morgan fingerprint density at radius 3 is 2.52 bits per heavy atom. The molecule has 27 heavy (non-hydrogen) atoms. The highest BCUT2D eigenvalue weighted by Crippen LogP contribution is 2.33. The van der Waals surface area contributed by atoms with Crippen molar-refractivity contribution >= 4 is 17.9 Å². The van der Waals surface area contributed by atoms with Gasteiger partial charge in [0, 0.05) is 5.56 Å². The van der Waals surface area contributed by atoms with Crippen LogP contribution in [-0.4, -0.2) is 25.0 Å². The van der Waals surface area contributed by atoms with Crippen molar-refractivity contribution in [1.82, 2.24) is 0 Å². The fraction of sp³-hybridized carbons (Fsp3) is 0.111. The van der Waals surface area contributed by atoms with E-state index in [-0.39, 0.29) is 24.1 Å². The molecule has 0 saturated carbocycles. The number of ether oxygens (including phenoxy) is 4. The molecule has 0 saturated heterocycles. The maximum Gasteiger partial charge on any atom is 0.573 e. The Labute approximate surface area is 150 Å². The molecule has 0 aromatic heterocycles. The van der Waals surface area contributed by atoms with Gasteiger partial charge in [0.1, 0.15) is 5.75 Å². The molecule has 0 fully saturated rings. The number of carbonyl (C=O) groups excluding carboxylic acids is 1. The first-order chi connectivity index (χ1) is 12.9. The van der Waals surface area contributed by atoms with Crippen molar-refractivity contribution in [2.45, 2.75) is 6.36 Å². The van der Waals surface area contributed by atoms with Gasteiger partial charge in [0.25, 0.3) is 0 Å². The van der Waals surface area contributed by atoms with Gasteiger partial charge < -0.3 is 18.9 Å². The quantitative estimate of drug-likeness (QED) is 0.603. The standard InChI is InChI=1S/C18H10F3NO5/c19-18(20,21)27-12-4-1-10(2-5-12)7-13-17(23)26-16(22-13)11-3-6-14-15(8-11)25-9-24-14/h1-8H,9H2. The number of cyclic esters (lactones) is 1. The summed E-state index contributed by atoms with van der Waals surface area (Å²) in [6.45, 7) is 0.115. The van der Waals surface area contributed by atoms with Gasteiger partial charge in [0.15, 0.2) is 17.2 Å². The molecule has 9 heteroatoms. The second kappa shape index (κ2) is 6.35. The lowest BCUT2D eigenvalue weighted by Crippen LogP contribution is -2.16. The van der Waals surface area contributed by atoms with Crippen LogP contribution in [-0.2, 0) is 9.53 Å². The summed E-state index contributed by atoms with van der Waals surface area (Å²) in [7, 11) is 0. The van der Waals surface area contributed by atoms with Gasteiger partial charge in [-0.2, -0.15) is 0 Å². The monoisotopic (exact) mass is 377 g/mol. The van der Waals surface area contributed by atoms with Gasteiger partial charge in [-0.1, -0.05) is 12.1 Å². The minimum atomic E-state index is -4.76. The zero-order valence-electron chi connectivity index (χ0n) is 13.4. The van der Waals surface area contributed by atoms with Crippen molar-refractivity contribution < 1.29 is 36.9 Å². The highest BCUT2D eigenvalue weighted by atomic mass is 19.4. The van der Waals surface area contributed by atoms with Gasteiger partial charge >= 0.3 is 12.3 Å². The zero-order valence-corrected chi connectivity index (χ0v) is 13.4. The van der Waals surface area contributed by atoms with Crippen LogP contribution >= 0.6 is 0 Å². The molecule has 0 unspecified atom stereocenters. The van der Waals surface area contributed by atoms with Crippen LogP contribution in [0.3, 0.4) is 0 Å². The van der Waals surface area contributed by atoms with Crippen LogP contribution in [0.25, 0.3) is 6.08 Å². The fourth-order valence-corrected chi connectivity index (χ4v) is 2.49. The lowest BCUT2D eigenvalue weighted by atomic mass is 10.2. The Morgan fingerprint density at radius 2 is 1.78 bits per heavy atom. The van der Waals surface area contributed by atoms with Crippen molar-refractivity contribution in [3.05, 3.63) is 59.3 Å². The fourth-order valence-electron chi connectivity index (χ4n) is 2.49. The smallest absolute Gasteiger partial charge is 0.454 e. The minimum Gasteiger partial charge on any atom is -0.454 e. The van der Waals surface area contributed by atoms with E-state index in [0.717, 1.165) is 12.1 Å². The highest BCUT2D eigenvalue weighted by Gasteiger charge is 2.31. The number of alkyl halides is 3. The number of hydrogen-bond acceptors (Lipinski definition) is 6. The summed E-state index contributed by atoms with van der Waals surface area (Å²) in [6, 6.07) is 10.0. The number of halogens is 3. The third kappa shape index (κ3) is 3.71. The minimum absolute atomic E-state index is 0.0205. The van der Waals surface area contributed by atoms with E-state index >= 15 is 0 Å². The summed E-state index contributed by atoms with van der Waals surface area (Å²) < 4.78 is 56.0. The van der Waals surface area contributed by atoms with Gasteiger partial charge in [-0.05, 0) is 42.0 Å². The third-order valence-electron chi connectivity index (χ3n) is 3.66. The number of hydrogen-bond donors (Lipinski definition) is 0. The predicted octanol–water partition coefficient (Wildman–Crippen LogP) is 3.66. The molecule has 0 amide bonds. The molecule has 2 aliphatic heterocycles. The summed E-state index contributed by atoms with van der Waals surface area (Å²) in [5, 5.41) is 0. The number of esters is 1. The van der Waals surface area contributed by atoms with Crippen LogP contribution in [0.2, 0.25) is 0 Å². The van der Waals surface area contributed by atoms with E-state index in [9.17, 15) is 18.0 Å². The van der Waals surface area contributed by atoms with Gasteiger partial charge in [-0.3, -0.25) is 0 Å². The Hall–Kier alpha value is -3.49. The van der Waals surface area contributed by atoms with E-state index in [1.807, 2.05) is 0 Å². The van der Waals surface area contributed by atoms with E-state index < -0.39 is 12.3 Å². The summed E-state index contributed by atoms with van der Waals surface area (Å²) >= 11 is 0. The Balaban J connectivity index is 1.56. The van der Waals surface area contributed by atoms with Gasteiger partial charge in [0.2, 0.25) is 12.7 Å². The summed E-state index contributed by atoms with van der Waals surface area (Å²) in [6.07, 6.45) is -3.36. The lowest BCUT2D eigenvalue weighted by molar-refractivity contribution is -0.274. The number of benzene rings is 2. The molecule has 0 bridgehead atoms. The van der Waals surface area contributed by atoms with Crippen molar-refractivity contribution in [1.29, 1.82) is 0 Å². The SMILES string of the molecule is O=C1OC(c2ccc3c(c2)OCO3)=NC1=Cc1ccc(OC(F)(F)F)cc1. The molecule has 0 atom stereocenters. The summed E-state index contributed by atoms with van der Waals surface area (Å²) in [5.74, 6) is 0.174. The summed E-state index contributed by atoms with van der Waals surface area (Å²) in [4.78, 5) is 16.2. The van der Waals surface area contributed by atoms with E-state index in [1.165, 1.54) is 18.2 Å². The first kappa shape index (κ1) is 17.0. The van der Waals surface area contributed by atoms with Crippen molar-refractivity contribution in [3.8, 4) is 17.2 Å². The van der Waals surface area contributed by atoms with Gasteiger partial charge in [-0.25, -0.2) is 9.79 Å². The molecule has 2 aromatic carbocycles. The molecule has 2 aliphatic rings. The lowest BCUT2D eigenvalue weighted by Gasteiger charge is -2.08. The number of fused-ring (bicyclic) bond motifs is 1. The average molecular weight is 377 g/mol. The molecular formula is C18H10F3NO5. The first-order valence-electron chi connectivity index (χ1n) is 7.66. The van der Waals surface area contributed by atoms with Crippen LogP contribution in [0.5, 0.6) is 17.2 Å². The topological polar surface area (TPSA) is 66.4 Å². The summed E-state index contributed by atoms with van der Waals surface area (Å²) in [5.41, 5.74) is 1.02. The van der Waals surface area contributed by atoms with E-state index in [0.29, 0.717) is 22.6 Å². The van der Waals surface area contributed by atoms with E-state index in [4.69, 9.17) is 14.2 Å². The Kier molecular flexibility index (Phi) is 3.98. The number of aliphatic imine (C=N–C) groups is 1. The molecule has 4 rings (SSSR count). The van der Waals surface area contributed by atoms with Crippen LogP contribution in [0.1, 0.15) is 11.1 Å². The number of nitrogens with zero attached hydrogens (tertiary/aromatic N) is 1. The molecule has 0 aliphatic carbocycles. The maximum atomic E-state index is 12.2. The van der Waals surface area contributed by atoms with Crippen LogP contribution in [0.4, 0.5) is 13.2 Å². The molecule has 2 heterocycles. The first-order valence-corrected chi connectivity index (χ1v) is 7.66. The van der Waals surface area contributed by atoms with Crippen LogP contribution < -0.4 is 14.2 Å². The van der Waals surface area contributed by atoms with E-state index in [1.54, 1.807) is 18.2 Å². The predicted molar refractivity (Wildman–Crippen MR) is 86.3 cm³/mol. The van der Waals surface area contributed by atoms with Crippen LogP contribution in [0, 0.1) is 0 Å². The molecule has 138 valence electrons. The maximum absolute atomic E-state index is 12.2. The largest absolute Gasteiger partial charge is 0.573 e. The average Bonchev–Trinajstić information content (AvgIpc) is 3.21. The zero-order chi connectivity index (χ0) is 19.0. The second-order valence-corrected chi connectivity index (χ2v) is 5.52. The highest BCUT2D eigenvalue weighted by molar-refractivity contribution is 6.13. The second-order valence-electron chi connectivity index (χ2n) is 5.52. The van der Waals surface area contributed by atoms with Gasteiger partial charge in [0.05, 0.1) is 0 Å². The van der Waals surface area contributed by atoms with Gasteiger partial charge in [-0.15, -0.1) is 13.2 Å². The number of rotatable bonds is 3. The normalized spacial score (nSPS) is 17.1. The molecule has 2 aromatic rings. The molecule has 0 spiro atoms. The van der Waals surface area contributed by atoms with Crippen LogP contribution in [0.15, 0.2) is 53.2 Å².